The molecule has 1 N–H and O–H groups in total. The number of hydrogen-bond acceptors (Lipinski definition) is 3. The van der Waals surface area contributed by atoms with Crippen LogP contribution in [0.3, 0.4) is 0 Å². The molecule has 0 aliphatic carbocycles. The van der Waals surface area contributed by atoms with E-state index in [1.165, 1.54) is 18.3 Å². The van der Waals surface area contributed by atoms with E-state index in [4.69, 9.17) is 44.6 Å². The molecule has 0 fully saturated rings. The van der Waals surface area contributed by atoms with Crippen molar-refractivity contribution >= 4 is 40.8 Å². The molecule has 1 aromatic heterocycles. The highest BCUT2D eigenvalue weighted by Crippen LogP contribution is 2.35. The second-order valence-corrected chi connectivity index (χ2v) is 4.68. The SMILES string of the molecule is O=C(O)c1ccnc(Oc2cc(Cl)ccc2Cl)c1Cl. The summed E-state index contributed by atoms with van der Waals surface area (Å²) < 4.78 is 5.39. The van der Waals surface area contributed by atoms with E-state index in [-0.39, 0.29) is 22.2 Å². The Kier molecular flexibility index (Phi) is 4.14. The fourth-order valence-corrected chi connectivity index (χ4v) is 1.87. The van der Waals surface area contributed by atoms with Crippen LogP contribution in [0.25, 0.3) is 0 Å². The average Bonchev–Trinajstić information content (AvgIpc) is 2.36. The van der Waals surface area contributed by atoms with Crippen molar-refractivity contribution in [3.63, 3.8) is 0 Å². The molecule has 0 aliphatic rings. The zero-order valence-electron chi connectivity index (χ0n) is 9.23. The number of benzene rings is 1. The van der Waals surface area contributed by atoms with Gasteiger partial charge >= 0.3 is 5.97 Å². The zero-order chi connectivity index (χ0) is 14.0. The minimum absolute atomic E-state index is 0.0502. The Morgan fingerprint density at radius 3 is 2.63 bits per heavy atom. The Morgan fingerprint density at radius 1 is 1.21 bits per heavy atom. The van der Waals surface area contributed by atoms with E-state index in [1.54, 1.807) is 12.1 Å². The Balaban J connectivity index is 2.41. The lowest BCUT2D eigenvalue weighted by molar-refractivity contribution is 0.0696. The Morgan fingerprint density at radius 2 is 1.95 bits per heavy atom. The number of ether oxygens (including phenoxy) is 1. The fraction of sp³-hybridized carbons (Fsp3) is 0. The highest BCUT2D eigenvalue weighted by atomic mass is 35.5. The van der Waals surface area contributed by atoms with Crippen molar-refractivity contribution in [3.8, 4) is 11.6 Å². The smallest absolute Gasteiger partial charge is 0.337 e. The number of halogens is 3. The predicted octanol–water partition coefficient (Wildman–Crippen LogP) is 4.53. The summed E-state index contributed by atoms with van der Waals surface area (Å²) in [5.41, 5.74) is -0.107. The van der Waals surface area contributed by atoms with Gasteiger partial charge in [0.05, 0.1) is 10.6 Å². The molecule has 1 heterocycles. The first-order valence-corrected chi connectivity index (χ1v) is 6.13. The van der Waals surface area contributed by atoms with Crippen LogP contribution in [-0.2, 0) is 0 Å². The molecule has 0 saturated carbocycles. The quantitative estimate of drug-likeness (QED) is 0.903. The monoisotopic (exact) mass is 317 g/mol. The van der Waals surface area contributed by atoms with Gasteiger partial charge in [-0.3, -0.25) is 0 Å². The molecule has 0 atom stereocenters. The standard InChI is InChI=1S/C12H6Cl3NO3/c13-6-1-2-8(14)9(5-6)19-11-10(15)7(12(17)18)3-4-16-11/h1-5H,(H,17,18). The van der Waals surface area contributed by atoms with Crippen molar-refractivity contribution in [2.75, 3.05) is 0 Å². The van der Waals surface area contributed by atoms with E-state index < -0.39 is 5.97 Å². The first-order valence-electron chi connectivity index (χ1n) is 4.99. The highest BCUT2D eigenvalue weighted by molar-refractivity contribution is 6.35. The number of carboxylic acid groups (broad SMARTS) is 1. The molecule has 0 unspecified atom stereocenters. The van der Waals surface area contributed by atoms with Crippen molar-refractivity contribution < 1.29 is 14.6 Å². The molecule has 0 spiro atoms. The lowest BCUT2D eigenvalue weighted by Gasteiger charge is -2.09. The number of carboxylic acids is 1. The number of pyridine rings is 1. The number of aromatic nitrogens is 1. The molecular formula is C12H6Cl3NO3. The van der Waals surface area contributed by atoms with Crippen molar-refractivity contribution in [1.82, 2.24) is 4.98 Å². The van der Waals surface area contributed by atoms with Gasteiger partial charge in [-0.15, -0.1) is 0 Å². The third kappa shape index (κ3) is 3.10. The minimum Gasteiger partial charge on any atom is -0.478 e. The van der Waals surface area contributed by atoms with Crippen LogP contribution in [0.15, 0.2) is 30.5 Å². The lowest BCUT2D eigenvalue weighted by atomic mass is 10.2. The molecule has 2 aromatic rings. The predicted molar refractivity (Wildman–Crippen MR) is 72.7 cm³/mol. The normalized spacial score (nSPS) is 10.3. The maximum Gasteiger partial charge on any atom is 0.337 e. The summed E-state index contributed by atoms with van der Waals surface area (Å²) in [6.07, 6.45) is 1.28. The minimum atomic E-state index is -1.17. The van der Waals surface area contributed by atoms with Crippen LogP contribution in [0.5, 0.6) is 11.6 Å². The summed E-state index contributed by atoms with van der Waals surface area (Å²) in [7, 11) is 0. The zero-order valence-corrected chi connectivity index (χ0v) is 11.5. The largest absolute Gasteiger partial charge is 0.478 e. The van der Waals surface area contributed by atoms with Crippen molar-refractivity contribution in [1.29, 1.82) is 0 Å². The van der Waals surface area contributed by atoms with Crippen molar-refractivity contribution in [2.45, 2.75) is 0 Å². The molecule has 0 amide bonds. The first-order chi connectivity index (χ1) is 8.99. The molecule has 2 rings (SSSR count). The van der Waals surface area contributed by atoms with E-state index in [2.05, 4.69) is 4.98 Å². The van der Waals surface area contributed by atoms with Gasteiger partial charge in [-0.2, -0.15) is 0 Å². The van der Waals surface area contributed by atoms with E-state index in [9.17, 15) is 4.79 Å². The summed E-state index contributed by atoms with van der Waals surface area (Å²) in [6.45, 7) is 0. The highest BCUT2D eigenvalue weighted by Gasteiger charge is 2.16. The second kappa shape index (κ2) is 5.65. The van der Waals surface area contributed by atoms with Gasteiger partial charge in [-0.05, 0) is 18.2 Å². The number of aromatic carboxylic acids is 1. The van der Waals surface area contributed by atoms with Gasteiger partial charge in [0.25, 0.3) is 0 Å². The third-order valence-corrected chi connectivity index (χ3v) is 3.10. The number of rotatable bonds is 3. The molecule has 0 bridgehead atoms. The van der Waals surface area contributed by atoms with Gasteiger partial charge in [0.1, 0.15) is 10.8 Å². The molecule has 7 heteroatoms. The third-order valence-electron chi connectivity index (χ3n) is 2.19. The van der Waals surface area contributed by atoms with Crippen LogP contribution in [0.1, 0.15) is 10.4 Å². The lowest BCUT2D eigenvalue weighted by Crippen LogP contribution is -2.00. The van der Waals surface area contributed by atoms with Crippen LogP contribution >= 0.6 is 34.8 Å². The van der Waals surface area contributed by atoms with Gasteiger partial charge in [-0.1, -0.05) is 34.8 Å². The van der Waals surface area contributed by atoms with E-state index in [1.807, 2.05) is 0 Å². The summed E-state index contributed by atoms with van der Waals surface area (Å²) in [5, 5.41) is 9.56. The number of hydrogen-bond donors (Lipinski definition) is 1. The van der Waals surface area contributed by atoms with Gasteiger partial charge < -0.3 is 9.84 Å². The molecule has 98 valence electrons. The summed E-state index contributed by atoms with van der Waals surface area (Å²) in [6, 6.07) is 5.90. The van der Waals surface area contributed by atoms with Crippen LogP contribution in [0.2, 0.25) is 15.1 Å². The van der Waals surface area contributed by atoms with E-state index in [0.29, 0.717) is 10.0 Å². The van der Waals surface area contributed by atoms with Crippen LogP contribution in [-0.4, -0.2) is 16.1 Å². The van der Waals surface area contributed by atoms with Crippen molar-refractivity contribution in [3.05, 3.63) is 51.1 Å². The van der Waals surface area contributed by atoms with Crippen LogP contribution in [0.4, 0.5) is 0 Å². The Hall–Kier alpha value is -1.49. The maximum absolute atomic E-state index is 10.9. The topological polar surface area (TPSA) is 59.4 Å². The average molecular weight is 319 g/mol. The molecule has 19 heavy (non-hydrogen) atoms. The Bertz CT molecular complexity index is 646. The molecule has 0 radical (unpaired) electrons. The number of carbonyl (C=O) groups is 1. The summed E-state index contributed by atoms with van der Waals surface area (Å²) in [4.78, 5) is 14.8. The second-order valence-electron chi connectivity index (χ2n) is 3.46. The summed E-state index contributed by atoms with van der Waals surface area (Å²) >= 11 is 17.6. The molecule has 0 aliphatic heterocycles. The summed E-state index contributed by atoms with van der Waals surface area (Å²) in [5.74, 6) is -0.980. The number of nitrogens with zero attached hydrogens (tertiary/aromatic N) is 1. The first kappa shape index (κ1) is 13.9. The Labute approximate surface area is 123 Å². The van der Waals surface area contributed by atoms with E-state index in [0.717, 1.165) is 0 Å². The van der Waals surface area contributed by atoms with Gasteiger partial charge in [-0.25, -0.2) is 9.78 Å². The molecular weight excluding hydrogens is 312 g/mol. The van der Waals surface area contributed by atoms with Gasteiger partial charge in [0.15, 0.2) is 0 Å². The molecule has 0 saturated heterocycles. The van der Waals surface area contributed by atoms with Crippen molar-refractivity contribution in [2.24, 2.45) is 0 Å². The molecule has 1 aromatic carbocycles. The van der Waals surface area contributed by atoms with E-state index >= 15 is 0 Å². The van der Waals surface area contributed by atoms with Gasteiger partial charge in [0, 0.05) is 17.3 Å². The molecule has 4 nitrogen and oxygen atoms in total. The van der Waals surface area contributed by atoms with Crippen LogP contribution < -0.4 is 4.74 Å². The van der Waals surface area contributed by atoms with Crippen LogP contribution in [0, 0.1) is 0 Å². The fourth-order valence-electron chi connectivity index (χ4n) is 1.32. The van der Waals surface area contributed by atoms with Gasteiger partial charge in [0.2, 0.25) is 5.88 Å². The maximum atomic E-state index is 10.9.